The summed E-state index contributed by atoms with van der Waals surface area (Å²) in [4.78, 5) is 13.9. The van der Waals surface area contributed by atoms with Crippen molar-refractivity contribution in [2.45, 2.75) is 25.7 Å². The minimum absolute atomic E-state index is 0.131. The fourth-order valence-electron chi connectivity index (χ4n) is 2.90. The Kier molecular flexibility index (Phi) is 4.51. The van der Waals surface area contributed by atoms with Crippen LogP contribution in [-0.2, 0) is 0 Å². The van der Waals surface area contributed by atoms with Gasteiger partial charge in [0.1, 0.15) is 5.75 Å². The van der Waals surface area contributed by atoms with Gasteiger partial charge in [-0.05, 0) is 36.8 Å². The van der Waals surface area contributed by atoms with Crippen molar-refractivity contribution in [3.8, 4) is 17.4 Å². The quantitative estimate of drug-likeness (QED) is 0.741. The topological polar surface area (TPSA) is 64.6 Å². The molecule has 7 heteroatoms. The molecule has 1 fully saturated rings. The van der Waals surface area contributed by atoms with E-state index >= 15 is 0 Å². The molecule has 1 saturated carbocycles. The van der Waals surface area contributed by atoms with Gasteiger partial charge >= 0.3 is 6.09 Å². The third-order valence-electron chi connectivity index (χ3n) is 4.43. The fraction of sp³-hybridized carbons (Fsp3) is 0.316. The zero-order chi connectivity index (χ0) is 18.1. The van der Waals surface area contributed by atoms with E-state index in [0.29, 0.717) is 19.0 Å². The number of para-hydroxylation sites is 1. The highest BCUT2D eigenvalue weighted by atomic mass is 35.5. The predicted octanol–water partition coefficient (Wildman–Crippen LogP) is 4.48. The first-order chi connectivity index (χ1) is 12.6. The van der Waals surface area contributed by atoms with Crippen LogP contribution in [0.25, 0.3) is 0 Å². The Bertz CT molecular complexity index is 872. The summed E-state index contributed by atoms with van der Waals surface area (Å²) in [6.07, 6.45) is 5.64. The smallest absolute Gasteiger partial charge is 0.415 e. The molecule has 2 aliphatic rings. The van der Waals surface area contributed by atoms with E-state index in [9.17, 15) is 4.79 Å². The first-order valence-electron chi connectivity index (χ1n) is 8.54. The number of ether oxygens (including phenoxy) is 2. The Labute approximate surface area is 156 Å². The lowest BCUT2D eigenvalue weighted by atomic mass is 10.1. The highest BCUT2D eigenvalue weighted by Crippen LogP contribution is 2.46. The number of hydrogen-bond donors (Lipinski definition) is 0. The van der Waals surface area contributed by atoms with Crippen molar-refractivity contribution in [3.05, 3.63) is 52.7 Å². The second kappa shape index (κ2) is 6.96. The molecule has 1 aliphatic carbocycles. The summed E-state index contributed by atoms with van der Waals surface area (Å²) in [5, 5.41) is 7.96. The standard InChI is InChI=1S/C19H18ClN3O3/c1-12-5-4-6-14(13-7-8-13)17(12)26-18-15(11-16(20)21-22-18)25-19(24)23-9-2-3-10-23/h2-6,11,13H,7-10H2,1H3. The second-order valence-electron chi connectivity index (χ2n) is 6.45. The van der Waals surface area contributed by atoms with Crippen molar-refractivity contribution in [2.75, 3.05) is 13.1 Å². The zero-order valence-electron chi connectivity index (χ0n) is 14.3. The third-order valence-corrected chi connectivity index (χ3v) is 4.61. The van der Waals surface area contributed by atoms with Crippen LogP contribution in [0.5, 0.6) is 17.4 Å². The number of aryl methyl sites for hydroxylation is 1. The van der Waals surface area contributed by atoms with E-state index in [-0.39, 0.29) is 16.8 Å². The molecule has 0 bridgehead atoms. The number of amides is 1. The molecule has 1 aliphatic heterocycles. The van der Waals surface area contributed by atoms with Crippen LogP contribution in [0.3, 0.4) is 0 Å². The molecule has 0 spiro atoms. The molecule has 1 aromatic heterocycles. The zero-order valence-corrected chi connectivity index (χ0v) is 15.1. The van der Waals surface area contributed by atoms with Gasteiger partial charge in [0.05, 0.1) is 0 Å². The van der Waals surface area contributed by atoms with Crippen molar-refractivity contribution in [1.82, 2.24) is 15.1 Å². The molecule has 1 amide bonds. The summed E-state index contributed by atoms with van der Waals surface area (Å²) < 4.78 is 11.5. The van der Waals surface area contributed by atoms with E-state index in [1.54, 1.807) is 4.90 Å². The van der Waals surface area contributed by atoms with E-state index < -0.39 is 6.09 Å². The Morgan fingerprint density at radius 1 is 1.23 bits per heavy atom. The third kappa shape index (κ3) is 3.51. The molecule has 2 heterocycles. The molecule has 26 heavy (non-hydrogen) atoms. The van der Waals surface area contributed by atoms with E-state index in [1.165, 1.54) is 6.07 Å². The van der Waals surface area contributed by atoms with Crippen molar-refractivity contribution >= 4 is 17.7 Å². The number of carbonyl (C=O) groups excluding carboxylic acids is 1. The summed E-state index contributed by atoms with van der Waals surface area (Å²) in [6.45, 7) is 3.02. The Balaban J connectivity index is 1.62. The maximum absolute atomic E-state index is 12.3. The van der Waals surface area contributed by atoms with Crippen molar-refractivity contribution in [2.24, 2.45) is 0 Å². The van der Waals surface area contributed by atoms with Crippen LogP contribution < -0.4 is 9.47 Å². The van der Waals surface area contributed by atoms with E-state index in [0.717, 1.165) is 29.7 Å². The van der Waals surface area contributed by atoms with Crippen LogP contribution in [0.4, 0.5) is 4.79 Å². The van der Waals surface area contributed by atoms with Gasteiger partial charge in [-0.2, -0.15) is 0 Å². The summed E-state index contributed by atoms with van der Waals surface area (Å²) in [5.74, 6) is 1.54. The first kappa shape index (κ1) is 16.8. The molecule has 0 radical (unpaired) electrons. The normalized spacial score (nSPS) is 16.0. The number of rotatable bonds is 4. The van der Waals surface area contributed by atoms with E-state index in [2.05, 4.69) is 16.3 Å². The Hall–Kier alpha value is -2.60. The van der Waals surface area contributed by atoms with E-state index in [1.807, 2.05) is 31.2 Å². The minimum Gasteiger partial charge on any atom is -0.434 e. The molecule has 0 unspecified atom stereocenters. The van der Waals surface area contributed by atoms with Crippen molar-refractivity contribution in [3.63, 3.8) is 0 Å². The highest BCUT2D eigenvalue weighted by Gasteiger charge is 2.28. The summed E-state index contributed by atoms with van der Waals surface area (Å²) in [7, 11) is 0. The molecule has 1 aromatic carbocycles. The number of hydrogen-bond acceptors (Lipinski definition) is 5. The lowest BCUT2D eigenvalue weighted by molar-refractivity contribution is 0.163. The largest absolute Gasteiger partial charge is 0.434 e. The fourth-order valence-corrected chi connectivity index (χ4v) is 3.03. The van der Waals surface area contributed by atoms with Gasteiger partial charge in [0, 0.05) is 19.2 Å². The lowest BCUT2D eigenvalue weighted by Crippen LogP contribution is -2.31. The molecule has 134 valence electrons. The lowest BCUT2D eigenvalue weighted by Gasteiger charge is -2.17. The van der Waals surface area contributed by atoms with Gasteiger partial charge in [-0.1, -0.05) is 42.0 Å². The molecule has 2 aromatic rings. The number of aromatic nitrogens is 2. The molecule has 0 saturated heterocycles. The van der Waals surface area contributed by atoms with Gasteiger partial charge in [-0.3, -0.25) is 0 Å². The second-order valence-corrected chi connectivity index (χ2v) is 6.84. The van der Waals surface area contributed by atoms with Crippen LogP contribution in [-0.4, -0.2) is 34.3 Å². The first-order valence-corrected chi connectivity index (χ1v) is 8.92. The van der Waals surface area contributed by atoms with E-state index in [4.69, 9.17) is 21.1 Å². The van der Waals surface area contributed by atoms with Crippen LogP contribution in [0.15, 0.2) is 36.4 Å². The molecule has 0 N–H and O–H groups in total. The summed E-state index contributed by atoms with van der Waals surface area (Å²) in [6, 6.07) is 7.50. The average molecular weight is 372 g/mol. The minimum atomic E-state index is -0.476. The van der Waals surface area contributed by atoms with Gasteiger partial charge in [0.2, 0.25) is 0 Å². The van der Waals surface area contributed by atoms with Gasteiger partial charge in [0.25, 0.3) is 5.88 Å². The Morgan fingerprint density at radius 3 is 2.73 bits per heavy atom. The molecule has 4 rings (SSSR count). The van der Waals surface area contributed by atoms with Crippen LogP contribution in [0, 0.1) is 6.92 Å². The SMILES string of the molecule is Cc1cccc(C2CC2)c1Oc1nnc(Cl)cc1OC(=O)N1CC=CC1. The van der Waals surface area contributed by atoms with Crippen molar-refractivity contribution in [1.29, 1.82) is 0 Å². The monoisotopic (exact) mass is 371 g/mol. The molecule has 6 nitrogen and oxygen atoms in total. The maximum atomic E-state index is 12.3. The maximum Gasteiger partial charge on any atom is 0.415 e. The van der Waals surface area contributed by atoms with Gasteiger partial charge < -0.3 is 14.4 Å². The predicted molar refractivity (Wildman–Crippen MR) is 97.0 cm³/mol. The molecular formula is C19H18ClN3O3. The number of halogens is 1. The number of carbonyl (C=O) groups is 1. The molecule has 0 atom stereocenters. The average Bonchev–Trinajstić information content (AvgIpc) is 3.31. The van der Waals surface area contributed by atoms with Crippen molar-refractivity contribution < 1.29 is 14.3 Å². The van der Waals surface area contributed by atoms with Gasteiger partial charge in [0.15, 0.2) is 10.9 Å². The molecular weight excluding hydrogens is 354 g/mol. The summed E-state index contributed by atoms with van der Waals surface area (Å²) in [5.41, 5.74) is 2.13. The van der Waals surface area contributed by atoms with Crippen LogP contribution in [0.2, 0.25) is 5.15 Å². The number of benzene rings is 1. The highest BCUT2D eigenvalue weighted by molar-refractivity contribution is 6.29. The Morgan fingerprint density at radius 2 is 2.00 bits per heavy atom. The number of nitrogens with zero attached hydrogens (tertiary/aromatic N) is 3. The summed E-state index contributed by atoms with van der Waals surface area (Å²) >= 11 is 5.94. The van der Waals surface area contributed by atoms with Crippen LogP contribution in [0.1, 0.15) is 29.9 Å². The van der Waals surface area contributed by atoms with Crippen LogP contribution >= 0.6 is 11.6 Å². The van der Waals surface area contributed by atoms with Gasteiger partial charge in [-0.25, -0.2) is 4.79 Å². The van der Waals surface area contributed by atoms with Gasteiger partial charge in [-0.15, -0.1) is 10.2 Å².